The highest BCUT2D eigenvalue weighted by Crippen LogP contribution is 2.25. The molecule has 14 heavy (non-hydrogen) atoms. The lowest BCUT2D eigenvalue weighted by atomic mass is 10.2. The third kappa shape index (κ3) is 3.74. The molecule has 2 nitrogen and oxygen atoms in total. The van der Waals surface area contributed by atoms with E-state index in [-0.39, 0.29) is 0 Å². The van der Waals surface area contributed by atoms with Crippen molar-refractivity contribution in [2.45, 2.75) is 10.3 Å². The van der Waals surface area contributed by atoms with Gasteiger partial charge in [-0.25, -0.2) is 0 Å². The molecule has 76 valence electrons. The van der Waals surface area contributed by atoms with E-state index < -0.39 is 9.70 Å². The molecule has 0 saturated carbocycles. The highest BCUT2D eigenvalue weighted by molar-refractivity contribution is 6.76. The van der Waals surface area contributed by atoms with Crippen LogP contribution in [0.5, 0.6) is 0 Å². The highest BCUT2D eigenvalue weighted by atomic mass is 35.6. The molecule has 0 bridgehead atoms. The second kappa shape index (κ2) is 4.87. The summed E-state index contributed by atoms with van der Waals surface area (Å²) in [4.78, 5) is 11.1. The Morgan fingerprint density at radius 3 is 2.29 bits per heavy atom. The molecule has 0 radical (unpaired) electrons. The van der Waals surface area contributed by atoms with Crippen molar-refractivity contribution in [3.8, 4) is 0 Å². The highest BCUT2D eigenvalue weighted by Gasteiger charge is 2.29. The van der Waals surface area contributed by atoms with E-state index in [9.17, 15) is 4.79 Å². The molecule has 1 N–H and O–H groups in total. The van der Waals surface area contributed by atoms with Crippen LogP contribution in [0.3, 0.4) is 0 Å². The first kappa shape index (κ1) is 11.6. The van der Waals surface area contributed by atoms with Crippen LogP contribution in [0.25, 0.3) is 0 Å². The van der Waals surface area contributed by atoms with Gasteiger partial charge in [-0.3, -0.25) is 4.79 Å². The molecule has 0 heterocycles. The Labute approximate surface area is 97.1 Å². The Kier molecular flexibility index (Phi) is 4.05. The summed E-state index contributed by atoms with van der Waals surface area (Å²) in [6.45, 7) is 0.355. The zero-order valence-electron chi connectivity index (χ0n) is 7.14. The molecule has 1 rings (SSSR count). The number of carbonyl (C=O) groups excluding carboxylic acids is 1. The van der Waals surface area contributed by atoms with Gasteiger partial charge in [0.05, 0.1) is 0 Å². The topological polar surface area (TPSA) is 29.1 Å². The molecule has 0 aliphatic carbocycles. The average Bonchev–Trinajstić information content (AvgIpc) is 2.14. The van der Waals surface area contributed by atoms with Crippen molar-refractivity contribution in [2.24, 2.45) is 0 Å². The van der Waals surface area contributed by atoms with Crippen LogP contribution in [-0.2, 0) is 11.3 Å². The number of nitrogens with one attached hydrogen (secondary N) is 1. The second-order valence-corrected chi connectivity index (χ2v) is 4.95. The van der Waals surface area contributed by atoms with Gasteiger partial charge in [-0.05, 0) is 5.56 Å². The van der Waals surface area contributed by atoms with Gasteiger partial charge in [0.25, 0.3) is 9.70 Å². The van der Waals surface area contributed by atoms with Gasteiger partial charge in [-0.1, -0.05) is 65.1 Å². The number of amides is 1. The van der Waals surface area contributed by atoms with Crippen LogP contribution in [0, 0.1) is 0 Å². The van der Waals surface area contributed by atoms with E-state index in [0.29, 0.717) is 6.54 Å². The normalized spacial score (nSPS) is 11.1. The maximum Gasteiger partial charge on any atom is 0.272 e. The number of hydrogen-bond donors (Lipinski definition) is 1. The van der Waals surface area contributed by atoms with E-state index in [1.807, 2.05) is 30.3 Å². The summed E-state index contributed by atoms with van der Waals surface area (Å²) in [5.74, 6) is -0.619. The SMILES string of the molecule is O=C(NCc1ccccc1)C(Cl)(Cl)Cl. The maximum atomic E-state index is 11.1. The molecule has 0 spiro atoms. The van der Waals surface area contributed by atoms with Crippen LogP contribution in [0.4, 0.5) is 0 Å². The molecule has 0 aromatic heterocycles. The molecular formula is C9H8Cl3NO. The molecular weight excluding hydrogens is 244 g/mol. The monoisotopic (exact) mass is 251 g/mol. The number of alkyl halides is 3. The number of hydrogen-bond acceptors (Lipinski definition) is 1. The summed E-state index contributed by atoms with van der Waals surface area (Å²) < 4.78 is -1.89. The number of carbonyl (C=O) groups is 1. The van der Waals surface area contributed by atoms with Gasteiger partial charge in [0, 0.05) is 6.54 Å². The van der Waals surface area contributed by atoms with E-state index in [0.717, 1.165) is 5.56 Å². The lowest BCUT2D eigenvalue weighted by Gasteiger charge is -2.10. The predicted octanol–water partition coefficient (Wildman–Crippen LogP) is 2.67. The van der Waals surface area contributed by atoms with Crippen molar-refractivity contribution in [3.63, 3.8) is 0 Å². The Morgan fingerprint density at radius 2 is 1.79 bits per heavy atom. The number of benzene rings is 1. The molecule has 0 saturated heterocycles. The van der Waals surface area contributed by atoms with E-state index in [1.165, 1.54) is 0 Å². The molecule has 0 fully saturated rings. The van der Waals surface area contributed by atoms with Crippen LogP contribution >= 0.6 is 34.8 Å². The molecule has 1 aromatic carbocycles. The first-order valence-electron chi connectivity index (χ1n) is 3.89. The summed E-state index contributed by atoms with van der Waals surface area (Å²) in [5, 5.41) is 2.50. The van der Waals surface area contributed by atoms with Crippen LogP contribution in [-0.4, -0.2) is 9.70 Å². The average molecular weight is 253 g/mol. The smallest absolute Gasteiger partial charge is 0.272 e. The Hall–Kier alpha value is -0.440. The molecule has 0 unspecified atom stereocenters. The molecule has 5 heteroatoms. The summed E-state index contributed by atoms with van der Waals surface area (Å²) >= 11 is 16.1. The Morgan fingerprint density at radius 1 is 1.21 bits per heavy atom. The quantitative estimate of drug-likeness (QED) is 0.806. The lowest BCUT2D eigenvalue weighted by molar-refractivity contribution is -0.120. The van der Waals surface area contributed by atoms with E-state index in [4.69, 9.17) is 34.8 Å². The molecule has 0 aliphatic heterocycles. The maximum absolute atomic E-state index is 11.1. The van der Waals surface area contributed by atoms with Crippen molar-refractivity contribution in [1.29, 1.82) is 0 Å². The van der Waals surface area contributed by atoms with Crippen molar-refractivity contribution >= 4 is 40.7 Å². The van der Waals surface area contributed by atoms with Gasteiger partial charge < -0.3 is 5.32 Å². The second-order valence-electron chi connectivity index (χ2n) is 2.67. The summed E-state index contributed by atoms with van der Waals surface area (Å²) in [6.07, 6.45) is 0. The van der Waals surface area contributed by atoms with E-state index >= 15 is 0 Å². The number of halogens is 3. The fourth-order valence-corrected chi connectivity index (χ4v) is 1.08. The molecule has 0 aliphatic rings. The predicted molar refractivity (Wildman–Crippen MR) is 58.6 cm³/mol. The number of rotatable bonds is 2. The van der Waals surface area contributed by atoms with E-state index in [1.54, 1.807) is 0 Å². The summed E-state index contributed by atoms with van der Waals surface area (Å²) in [7, 11) is 0. The van der Waals surface area contributed by atoms with Crippen LogP contribution in [0.1, 0.15) is 5.56 Å². The first-order chi connectivity index (χ1) is 6.50. The lowest BCUT2D eigenvalue weighted by Crippen LogP contribution is -2.33. The minimum Gasteiger partial charge on any atom is -0.348 e. The third-order valence-corrected chi connectivity index (χ3v) is 2.07. The largest absolute Gasteiger partial charge is 0.348 e. The van der Waals surface area contributed by atoms with Gasteiger partial charge in [0.1, 0.15) is 0 Å². The van der Waals surface area contributed by atoms with Gasteiger partial charge in [-0.2, -0.15) is 0 Å². The Bertz CT molecular complexity index is 308. The standard InChI is InChI=1S/C9H8Cl3NO/c10-9(11,12)8(14)13-6-7-4-2-1-3-5-7/h1-5H,6H2,(H,13,14). The molecule has 1 aromatic rings. The zero-order chi connectivity index (χ0) is 10.6. The van der Waals surface area contributed by atoms with Crippen molar-refractivity contribution < 1.29 is 4.79 Å². The van der Waals surface area contributed by atoms with Gasteiger partial charge in [-0.15, -0.1) is 0 Å². The third-order valence-electron chi connectivity index (χ3n) is 1.55. The van der Waals surface area contributed by atoms with Crippen molar-refractivity contribution in [2.75, 3.05) is 0 Å². The van der Waals surface area contributed by atoms with Gasteiger partial charge in [0.15, 0.2) is 0 Å². The van der Waals surface area contributed by atoms with E-state index in [2.05, 4.69) is 5.32 Å². The minimum atomic E-state index is -1.89. The molecule has 0 atom stereocenters. The van der Waals surface area contributed by atoms with Crippen LogP contribution in [0.2, 0.25) is 0 Å². The summed E-state index contributed by atoms with van der Waals surface area (Å²) in [6, 6.07) is 9.38. The van der Waals surface area contributed by atoms with Gasteiger partial charge in [0.2, 0.25) is 0 Å². The fraction of sp³-hybridized carbons (Fsp3) is 0.222. The fourth-order valence-electron chi connectivity index (χ4n) is 0.878. The summed E-state index contributed by atoms with van der Waals surface area (Å²) in [5.41, 5.74) is 0.954. The van der Waals surface area contributed by atoms with Crippen molar-refractivity contribution in [3.05, 3.63) is 35.9 Å². The van der Waals surface area contributed by atoms with Crippen LogP contribution in [0.15, 0.2) is 30.3 Å². The zero-order valence-corrected chi connectivity index (χ0v) is 9.40. The molecule has 1 amide bonds. The van der Waals surface area contributed by atoms with Gasteiger partial charge >= 0.3 is 0 Å². The first-order valence-corrected chi connectivity index (χ1v) is 5.02. The van der Waals surface area contributed by atoms with Crippen molar-refractivity contribution in [1.82, 2.24) is 5.32 Å². The van der Waals surface area contributed by atoms with Crippen LogP contribution < -0.4 is 5.32 Å². The minimum absolute atomic E-state index is 0.355. The Balaban J connectivity index is 2.46.